The fourth-order valence-corrected chi connectivity index (χ4v) is 6.52. The van der Waals surface area contributed by atoms with E-state index >= 15 is 0 Å². The number of ketones is 1. The highest BCUT2D eigenvalue weighted by molar-refractivity contribution is 7.87. The molecular weight excluding hydrogens is 350 g/mol. The van der Waals surface area contributed by atoms with E-state index in [9.17, 15) is 13.2 Å². The smallest absolute Gasteiger partial charge is 0.310 e. The van der Waals surface area contributed by atoms with Gasteiger partial charge in [0.1, 0.15) is 11.5 Å². The summed E-state index contributed by atoms with van der Waals surface area (Å²) in [6.45, 7) is 6.07. The van der Waals surface area contributed by atoms with E-state index in [1.54, 1.807) is 12.1 Å². The molecule has 0 heterocycles. The van der Waals surface area contributed by atoms with E-state index in [4.69, 9.17) is 4.18 Å². The molecule has 0 saturated heterocycles. The minimum Gasteiger partial charge on any atom is -0.382 e. The van der Waals surface area contributed by atoms with Crippen LogP contribution in [0.15, 0.2) is 24.3 Å². The summed E-state index contributed by atoms with van der Waals surface area (Å²) in [6, 6.07) is 7.22. The minimum atomic E-state index is -3.89. The van der Waals surface area contributed by atoms with Crippen LogP contribution in [0.5, 0.6) is 5.75 Å². The highest BCUT2D eigenvalue weighted by Gasteiger charge is 2.65. The number of benzene rings is 1. The Kier molecular flexibility index (Phi) is 4.72. The highest BCUT2D eigenvalue weighted by atomic mass is 32.2. The minimum absolute atomic E-state index is 0.0139. The molecule has 0 aliphatic heterocycles. The first kappa shape index (κ1) is 19.4. The number of hydrogen-bond donors (Lipinski definition) is 0. The van der Waals surface area contributed by atoms with Crippen LogP contribution in [0, 0.1) is 16.7 Å². The van der Waals surface area contributed by atoms with Crippen molar-refractivity contribution in [1.82, 2.24) is 4.90 Å². The number of Topliss-reactive ketones (excluding diaryl/α,β-unsaturated/α-hetero) is 1. The third-order valence-corrected chi connectivity index (χ3v) is 8.20. The van der Waals surface area contributed by atoms with Gasteiger partial charge in [-0.25, -0.2) is 0 Å². The Bertz CT molecular complexity index is 815. The maximum absolute atomic E-state index is 12.9. The van der Waals surface area contributed by atoms with Crippen molar-refractivity contribution in [2.24, 2.45) is 16.7 Å². The number of para-hydroxylation sites is 1. The van der Waals surface area contributed by atoms with Gasteiger partial charge >= 0.3 is 10.1 Å². The molecule has 3 rings (SSSR count). The second-order valence-corrected chi connectivity index (χ2v) is 10.2. The molecular formula is C20H29NO4S. The first-order valence-corrected chi connectivity index (χ1v) is 10.8. The summed E-state index contributed by atoms with van der Waals surface area (Å²) >= 11 is 0. The Labute approximate surface area is 156 Å². The summed E-state index contributed by atoms with van der Waals surface area (Å²) in [5.41, 5.74) is -0.282. The monoisotopic (exact) mass is 379 g/mol. The fourth-order valence-electron chi connectivity index (χ4n) is 4.76. The Morgan fingerprint density at radius 1 is 1.27 bits per heavy atom. The zero-order valence-corrected chi connectivity index (χ0v) is 17.1. The Morgan fingerprint density at radius 3 is 2.46 bits per heavy atom. The highest BCUT2D eigenvalue weighted by Crippen LogP contribution is 2.64. The quantitative estimate of drug-likeness (QED) is 0.709. The van der Waals surface area contributed by atoms with Crippen molar-refractivity contribution in [2.75, 3.05) is 19.8 Å². The van der Waals surface area contributed by atoms with Gasteiger partial charge in [0.2, 0.25) is 0 Å². The van der Waals surface area contributed by atoms with Crippen molar-refractivity contribution in [3.8, 4) is 5.75 Å². The van der Waals surface area contributed by atoms with Crippen LogP contribution < -0.4 is 4.18 Å². The molecule has 2 fully saturated rings. The summed E-state index contributed by atoms with van der Waals surface area (Å²) in [7, 11) is -0.0114. The van der Waals surface area contributed by atoms with Crippen LogP contribution in [0.3, 0.4) is 0 Å². The van der Waals surface area contributed by atoms with E-state index in [2.05, 4.69) is 0 Å². The van der Waals surface area contributed by atoms with Gasteiger partial charge in [-0.1, -0.05) is 32.0 Å². The maximum atomic E-state index is 12.9. The van der Waals surface area contributed by atoms with E-state index in [-0.39, 0.29) is 28.9 Å². The number of carbonyl (C=O) groups excluding carboxylic acids is 1. The zero-order chi connectivity index (χ0) is 19.3. The SMILES string of the molecule is CC(c1ccccc1OS(=O)(=O)CC12CCC(CC1=O)C2(C)C)N(C)C. The van der Waals surface area contributed by atoms with Gasteiger partial charge < -0.3 is 9.08 Å². The molecule has 2 bridgehead atoms. The van der Waals surface area contributed by atoms with Crippen LogP contribution >= 0.6 is 0 Å². The zero-order valence-electron chi connectivity index (χ0n) is 16.3. The first-order valence-electron chi connectivity index (χ1n) is 9.21. The van der Waals surface area contributed by atoms with Crippen molar-refractivity contribution in [2.45, 2.75) is 46.1 Å². The predicted molar refractivity (Wildman–Crippen MR) is 102 cm³/mol. The average Bonchev–Trinajstić information content (AvgIpc) is 2.88. The molecule has 2 aliphatic rings. The molecule has 2 saturated carbocycles. The largest absolute Gasteiger partial charge is 0.382 e. The van der Waals surface area contributed by atoms with Gasteiger partial charge in [-0.05, 0) is 51.3 Å². The van der Waals surface area contributed by atoms with Crippen molar-refractivity contribution < 1.29 is 17.4 Å². The molecule has 144 valence electrons. The standard InChI is InChI=1S/C20H29NO4S/c1-14(21(4)5)16-8-6-7-9-17(16)25-26(23,24)13-20-11-10-15(12-18(20)22)19(20,2)3/h6-9,14-15H,10-13H2,1-5H3. The van der Waals surface area contributed by atoms with E-state index in [1.807, 2.05) is 51.9 Å². The topological polar surface area (TPSA) is 63.7 Å². The lowest BCUT2D eigenvalue weighted by atomic mass is 9.70. The predicted octanol–water partition coefficient (Wildman–Crippen LogP) is 3.41. The fraction of sp³-hybridized carbons (Fsp3) is 0.650. The van der Waals surface area contributed by atoms with Crippen molar-refractivity contribution >= 4 is 15.9 Å². The third-order valence-electron chi connectivity index (χ3n) is 6.92. The maximum Gasteiger partial charge on any atom is 0.310 e. The summed E-state index contributed by atoms with van der Waals surface area (Å²) in [5.74, 6) is 0.488. The number of carbonyl (C=O) groups is 1. The van der Waals surface area contributed by atoms with Crippen LogP contribution in [-0.2, 0) is 14.9 Å². The number of nitrogens with zero attached hydrogens (tertiary/aromatic N) is 1. The van der Waals surface area contributed by atoms with Crippen molar-refractivity contribution in [3.63, 3.8) is 0 Å². The number of hydrogen-bond acceptors (Lipinski definition) is 5. The van der Waals surface area contributed by atoms with Crippen molar-refractivity contribution in [3.05, 3.63) is 29.8 Å². The van der Waals surface area contributed by atoms with E-state index in [1.165, 1.54) is 0 Å². The van der Waals surface area contributed by atoms with E-state index in [0.717, 1.165) is 12.0 Å². The van der Waals surface area contributed by atoms with E-state index < -0.39 is 15.5 Å². The average molecular weight is 380 g/mol. The van der Waals surface area contributed by atoms with Gasteiger partial charge in [0, 0.05) is 18.0 Å². The second kappa shape index (κ2) is 6.34. The molecule has 0 aromatic heterocycles. The summed E-state index contributed by atoms with van der Waals surface area (Å²) in [5, 5.41) is 0. The van der Waals surface area contributed by atoms with Gasteiger partial charge in [0.15, 0.2) is 0 Å². The van der Waals surface area contributed by atoms with Gasteiger partial charge in [-0.3, -0.25) is 4.79 Å². The number of fused-ring (bicyclic) bond motifs is 2. The van der Waals surface area contributed by atoms with Crippen LogP contribution in [0.1, 0.15) is 51.6 Å². The van der Waals surface area contributed by atoms with Gasteiger partial charge in [0.05, 0.1) is 11.2 Å². The second-order valence-electron chi connectivity index (χ2n) is 8.63. The molecule has 0 amide bonds. The molecule has 0 spiro atoms. The Balaban J connectivity index is 1.89. The molecule has 1 aromatic carbocycles. The molecule has 0 radical (unpaired) electrons. The third kappa shape index (κ3) is 2.97. The number of rotatable bonds is 6. The Morgan fingerprint density at radius 2 is 1.92 bits per heavy atom. The van der Waals surface area contributed by atoms with Gasteiger partial charge in [0.25, 0.3) is 0 Å². The Hall–Kier alpha value is -1.40. The molecule has 1 aromatic rings. The van der Waals surface area contributed by atoms with Crippen LogP contribution in [0.25, 0.3) is 0 Å². The van der Waals surface area contributed by atoms with Crippen molar-refractivity contribution in [1.29, 1.82) is 0 Å². The normalized spacial score (nSPS) is 28.5. The molecule has 5 nitrogen and oxygen atoms in total. The molecule has 26 heavy (non-hydrogen) atoms. The van der Waals surface area contributed by atoms with Crippen LogP contribution in [0.4, 0.5) is 0 Å². The van der Waals surface area contributed by atoms with Crippen LogP contribution in [-0.4, -0.2) is 38.9 Å². The summed E-state index contributed by atoms with van der Waals surface area (Å²) < 4.78 is 31.4. The summed E-state index contributed by atoms with van der Waals surface area (Å²) in [4.78, 5) is 14.6. The molecule has 6 heteroatoms. The van der Waals surface area contributed by atoms with E-state index in [0.29, 0.717) is 18.6 Å². The molecule has 2 aliphatic carbocycles. The van der Waals surface area contributed by atoms with Gasteiger partial charge in [-0.15, -0.1) is 0 Å². The van der Waals surface area contributed by atoms with Gasteiger partial charge in [-0.2, -0.15) is 8.42 Å². The molecule has 3 atom stereocenters. The molecule has 3 unspecified atom stereocenters. The summed E-state index contributed by atoms with van der Waals surface area (Å²) in [6.07, 6.45) is 2.06. The first-order chi connectivity index (χ1) is 12.0. The lowest BCUT2D eigenvalue weighted by Gasteiger charge is -2.35. The van der Waals surface area contributed by atoms with Crippen LogP contribution in [0.2, 0.25) is 0 Å². The molecule has 0 N–H and O–H groups in total. The lowest BCUT2D eigenvalue weighted by Crippen LogP contribution is -2.43. The lowest BCUT2D eigenvalue weighted by molar-refractivity contribution is -0.128.